The van der Waals surface area contributed by atoms with Crippen LogP contribution in [0.25, 0.3) is 11.0 Å². The number of para-hydroxylation sites is 3. The molecule has 1 aliphatic heterocycles. The first-order chi connectivity index (χ1) is 14.7. The van der Waals surface area contributed by atoms with Gasteiger partial charge < -0.3 is 14.2 Å². The lowest BCUT2D eigenvalue weighted by molar-refractivity contribution is -0.122. The number of hydrogen-bond donors (Lipinski definition) is 1. The highest BCUT2D eigenvalue weighted by Crippen LogP contribution is 2.26. The summed E-state index contributed by atoms with van der Waals surface area (Å²) in [7, 11) is 0. The Kier molecular flexibility index (Phi) is 6.09. The number of hydrogen-bond acceptors (Lipinski definition) is 4. The lowest BCUT2D eigenvalue weighted by Gasteiger charge is -2.16. The van der Waals surface area contributed by atoms with Gasteiger partial charge in [-0.25, -0.2) is 4.98 Å². The molecule has 2 amide bonds. The van der Waals surface area contributed by atoms with Crippen molar-refractivity contribution in [2.45, 2.75) is 26.3 Å². The topological polar surface area (TPSA) is 76.5 Å². The average Bonchev–Trinajstić information content (AvgIpc) is 3.32. The Bertz CT molecular complexity index is 1030. The molecule has 1 saturated heterocycles. The molecule has 0 bridgehead atoms. The van der Waals surface area contributed by atoms with Crippen LogP contribution in [0.3, 0.4) is 0 Å². The van der Waals surface area contributed by atoms with Gasteiger partial charge in [-0.3, -0.25) is 14.9 Å². The summed E-state index contributed by atoms with van der Waals surface area (Å²) in [6, 6.07) is 17.3. The number of benzene rings is 2. The lowest BCUT2D eigenvalue weighted by atomic mass is 10.1. The van der Waals surface area contributed by atoms with Gasteiger partial charge in [-0.05, 0) is 37.6 Å². The van der Waals surface area contributed by atoms with Gasteiger partial charge in [0.25, 0.3) is 0 Å². The number of imidazole rings is 1. The molecule has 7 nitrogen and oxygen atoms in total. The van der Waals surface area contributed by atoms with Crippen LogP contribution in [-0.4, -0.2) is 41.1 Å². The molecule has 0 saturated carbocycles. The van der Waals surface area contributed by atoms with Crippen LogP contribution in [-0.2, 0) is 20.9 Å². The predicted molar refractivity (Wildman–Crippen MR) is 116 cm³/mol. The van der Waals surface area contributed by atoms with Crippen molar-refractivity contribution in [3.63, 3.8) is 0 Å². The summed E-state index contributed by atoms with van der Waals surface area (Å²) in [5.41, 5.74) is 2.62. The summed E-state index contributed by atoms with van der Waals surface area (Å²) < 4.78 is 7.46. The van der Waals surface area contributed by atoms with Crippen molar-refractivity contribution in [3.8, 4) is 0 Å². The van der Waals surface area contributed by atoms with Crippen LogP contribution < -0.4 is 10.2 Å². The zero-order valence-electron chi connectivity index (χ0n) is 17.1. The Morgan fingerprint density at radius 2 is 1.93 bits per heavy atom. The highest BCUT2D eigenvalue weighted by Gasteiger charge is 2.35. The molecule has 7 heteroatoms. The Morgan fingerprint density at radius 3 is 2.73 bits per heavy atom. The van der Waals surface area contributed by atoms with Crippen molar-refractivity contribution in [2.24, 2.45) is 5.92 Å². The molecule has 1 aromatic heterocycles. The third-order valence-corrected chi connectivity index (χ3v) is 5.33. The van der Waals surface area contributed by atoms with Gasteiger partial charge in [0.15, 0.2) is 0 Å². The van der Waals surface area contributed by atoms with Crippen LogP contribution in [0.1, 0.15) is 19.8 Å². The average molecular weight is 406 g/mol. The van der Waals surface area contributed by atoms with Crippen molar-refractivity contribution in [3.05, 3.63) is 54.6 Å². The van der Waals surface area contributed by atoms with Crippen LogP contribution in [0.2, 0.25) is 0 Å². The number of aryl methyl sites for hydroxylation is 1. The molecule has 2 heterocycles. The number of ether oxygens (including phenoxy) is 1. The van der Waals surface area contributed by atoms with Gasteiger partial charge in [-0.1, -0.05) is 30.3 Å². The van der Waals surface area contributed by atoms with E-state index in [2.05, 4.69) is 10.3 Å². The second kappa shape index (κ2) is 9.09. The number of carbonyl (C=O) groups is 2. The molecule has 1 unspecified atom stereocenters. The summed E-state index contributed by atoms with van der Waals surface area (Å²) in [5.74, 6) is -0.104. The van der Waals surface area contributed by atoms with Crippen LogP contribution in [0.4, 0.5) is 11.6 Å². The zero-order chi connectivity index (χ0) is 20.9. The Hall–Kier alpha value is -3.19. The number of fused-ring (bicyclic) bond motifs is 1. The first kappa shape index (κ1) is 20.1. The number of rotatable bonds is 8. The molecule has 1 aliphatic rings. The Morgan fingerprint density at radius 1 is 1.17 bits per heavy atom. The summed E-state index contributed by atoms with van der Waals surface area (Å²) >= 11 is 0. The maximum Gasteiger partial charge on any atom is 0.232 e. The fraction of sp³-hybridized carbons (Fsp3) is 0.348. The van der Waals surface area contributed by atoms with E-state index in [4.69, 9.17) is 4.74 Å². The quantitative estimate of drug-likeness (QED) is 0.581. The van der Waals surface area contributed by atoms with E-state index in [0.717, 1.165) is 23.1 Å². The SMILES string of the molecule is CCOCCCn1c(NC(=O)C2CC(=O)N(c3ccccc3)C2)nc2ccccc21. The van der Waals surface area contributed by atoms with Gasteiger partial charge in [0.2, 0.25) is 17.8 Å². The first-order valence-corrected chi connectivity index (χ1v) is 10.4. The van der Waals surface area contributed by atoms with E-state index < -0.39 is 5.92 Å². The molecule has 2 aromatic carbocycles. The summed E-state index contributed by atoms with van der Waals surface area (Å²) in [4.78, 5) is 31.7. The molecule has 1 fully saturated rings. The monoisotopic (exact) mass is 406 g/mol. The number of nitrogens with one attached hydrogen (secondary N) is 1. The first-order valence-electron chi connectivity index (χ1n) is 10.4. The molecule has 30 heavy (non-hydrogen) atoms. The maximum atomic E-state index is 13.0. The van der Waals surface area contributed by atoms with Gasteiger partial charge in [0, 0.05) is 38.4 Å². The van der Waals surface area contributed by atoms with E-state index in [-0.39, 0.29) is 18.2 Å². The molecule has 0 aliphatic carbocycles. The van der Waals surface area contributed by atoms with Crippen LogP contribution >= 0.6 is 0 Å². The molecule has 0 radical (unpaired) electrons. The molecular weight excluding hydrogens is 380 g/mol. The van der Waals surface area contributed by atoms with Crippen LogP contribution in [0.5, 0.6) is 0 Å². The van der Waals surface area contributed by atoms with Gasteiger partial charge in [0.1, 0.15) is 0 Å². The molecule has 1 N–H and O–H groups in total. The van der Waals surface area contributed by atoms with E-state index in [1.165, 1.54) is 0 Å². The van der Waals surface area contributed by atoms with Gasteiger partial charge in [-0.2, -0.15) is 0 Å². The van der Waals surface area contributed by atoms with E-state index >= 15 is 0 Å². The summed E-state index contributed by atoms with van der Waals surface area (Å²) in [6.45, 7) is 4.37. The summed E-state index contributed by atoms with van der Waals surface area (Å²) in [6.07, 6.45) is 1.02. The Labute approximate surface area is 175 Å². The highest BCUT2D eigenvalue weighted by atomic mass is 16.5. The largest absolute Gasteiger partial charge is 0.382 e. The van der Waals surface area contributed by atoms with Crippen molar-refractivity contribution in [1.82, 2.24) is 9.55 Å². The zero-order valence-corrected chi connectivity index (χ0v) is 17.1. The van der Waals surface area contributed by atoms with Gasteiger partial charge >= 0.3 is 0 Å². The van der Waals surface area contributed by atoms with Crippen molar-refractivity contribution < 1.29 is 14.3 Å². The number of anilines is 2. The number of nitrogens with zero attached hydrogens (tertiary/aromatic N) is 3. The minimum absolute atomic E-state index is 0.0356. The fourth-order valence-electron chi connectivity index (χ4n) is 3.82. The standard InChI is InChI=1S/C23H26N4O3/c1-2-30-14-8-13-26-20-12-7-6-11-19(20)24-23(26)25-22(29)17-15-21(28)27(16-17)18-9-4-3-5-10-18/h3-7,9-12,17H,2,8,13-16H2,1H3,(H,24,25,29). The minimum Gasteiger partial charge on any atom is -0.382 e. The van der Waals surface area contributed by atoms with Gasteiger partial charge in [0.05, 0.1) is 17.0 Å². The van der Waals surface area contributed by atoms with E-state index in [9.17, 15) is 9.59 Å². The summed E-state index contributed by atoms with van der Waals surface area (Å²) in [5, 5.41) is 2.97. The minimum atomic E-state index is -0.408. The van der Waals surface area contributed by atoms with E-state index in [1.54, 1.807) is 4.90 Å². The maximum absolute atomic E-state index is 13.0. The molecular formula is C23H26N4O3. The smallest absolute Gasteiger partial charge is 0.232 e. The van der Waals surface area contributed by atoms with Crippen molar-refractivity contribution in [2.75, 3.05) is 30.0 Å². The fourth-order valence-corrected chi connectivity index (χ4v) is 3.82. The van der Waals surface area contributed by atoms with Gasteiger partial charge in [-0.15, -0.1) is 0 Å². The highest BCUT2D eigenvalue weighted by molar-refractivity contribution is 6.03. The third-order valence-electron chi connectivity index (χ3n) is 5.33. The molecule has 4 rings (SSSR count). The van der Waals surface area contributed by atoms with Crippen LogP contribution in [0, 0.1) is 5.92 Å². The number of carbonyl (C=O) groups excluding carboxylic acids is 2. The normalized spacial score (nSPS) is 16.4. The molecule has 156 valence electrons. The third kappa shape index (κ3) is 4.21. The Balaban J connectivity index is 1.49. The molecule has 0 spiro atoms. The second-order valence-electron chi connectivity index (χ2n) is 7.36. The van der Waals surface area contributed by atoms with Crippen LogP contribution in [0.15, 0.2) is 54.6 Å². The number of aromatic nitrogens is 2. The molecule has 3 aromatic rings. The second-order valence-corrected chi connectivity index (χ2v) is 7.36. The van der Waals surface area contributed by atoms with Crippen molar-refractivity contribution >= 4 is 34.5 Å². The molecule has 1 atom stereocenters. The number of amides is 2. The lowest BCUT2D eigenvalue weighted by Crippen LogP contribution is -2.28. The van der Waals surface area contributed by atoms with E-state index in [0.29, 0.717) is 32.3 Å². The predicted octanol–water partition coefficient (Wildman–Crippen LogP) is 3.45. The van der Waals surface area contributed by atoms with Crippen molar-refractivity contribution in [1.29, 1.82) is 0 Å². The van der Waals surface area contributed by atoms with E-state index in [1.807, 2.05) is 66.1 Å².